The monoisotopic (exact) mass is 395 g/mol. The predicted octanol–water partition coefficient (Wildman–Crippen LogP) is 3.47. The topological polar surface area (TPSA) is 69.7 Å². The molecule has 0 bridgehead atoms. The summed E-state index contributed by atoms with van der Waals surface area (Å²) in [5.74, 6) is -0.471. The van der Waals surface area contributed by atoms with Gasteiger partial charge in [-0.1, -0.05) is 37.3 Å². The molecule has 1 aliphatic heterocycles. The largest absolute Gasteiger partial charge is 0.325 e. The molecule has 4 rings (SSSR count). The van der Waals surface area contributed by atoms with Gasteiger partial charge in [-0.15, -0.1) is 0 Å². The van der Waals surface area contributed by atoms with Crippen molar-refractivity contribution >= 4 is 17.8 Å². The van der Waals surface area contributed by atoms with Gasteiger partial charge in [0.25, 0.3) is 5.91 Å². The van der Waals surface area contributed by atoms with E-state index in [1.165, 1.54) is 0 Å². The summed E-state index contributed by atoms with van der Waals surface area (Å²) in [7, 11) is 0. The van der Waals surface area contributed by atoms with Crippen molar-refractivity contribution in [1.82, 2.24) is 15.1 Å². The second kappa shape index (κ2) is 8.01. The van der Waals surface area contributed by atoms with Crippen molar-refractivity contribution in [3.63, 3.8) is 0 Å². The Bertz CT molecular complexity index is 863. The van der Waals surface area contributed by atoms with E-state index < -0.39 is 11.6 Å². The van der Waals surface area contributed by atoms with Gasteiger partial charge in [-0.25, -0.2) is 4.79 Å². The van der Waals surface area contributed by atoms with Crippen LogP contribution in [0.4, 0.5) is 4.79 Å². The van der Waals surface area contributed by atoms with E-state index in [1.807, 2.05) is 31.2 Å². The average Bonchev–Trinajstić information content (AvgIpc) is 2.97. The van der Waals surface area contributed by atoms with Crippen LogP contribution >= 0.6 is 0 Å². The number of urea groups is 1. The highest BCUT2D eigenvalue weighted by atomic mass is 16.2. The van der Waals surface area contributed by atoms with Crippen LogP contribution in [0.25, 0.3) is 0 Å². The van der Waals surface area contributed by atoms with Crippen LogP contribution in [-0.4, -0.2) is 40.7 Å². The molecule has 0 radical (unpaired) electrons. The number of rotatable bonds is 5. The number of carbonyl (C=O) groups is 3. The molecule has 1 spiro atoms. The lowest BCUT2D eigenvalue weighted by Gasteiger charge is -2.33. The molecule has 0 saturated carbocycles. The zero-order chi connectivity index (χ0) is 20.4. The lowest BCUT2D eigenvalue weighted by atomic mass is 9.76. The smallest absolute Gasteiger partial charge is 0.319 e. The Kier molecular flexibility index (Phi) is 5.43. The van der Waals surface area contributed by atoms with Crippen molar-refractivity contribution in [2.24, 2.45) is 0 Å². The molecule has 1 atom stereocenters. The van der Waals surface area contributed by atoms with Gasteiger partial charge in [0.15, 0.2) is 0 Å². The maximum atomic E-state index is 13.4. The minimum absolute atomic E-state index is 0.176. The summed E-state index contributed by atoms with van der Waals surface area (Å²) in [5.41, 5.74) is 1.99. The normalized spacial score (nSPS) is 23.6. The highest BCUT2D eigenvalue weighted by Gasteiger charge is 2.54. The molecule has 1 aromatic rings. The minimum atomic E-state index is -1.02. The van der Waals surface area contributed by atoms with Crippen molar-refractivity contribution in [2.75, 3.05) is 13.1 Å². The first-order chi connectivity index (χ1) is 14.1. The molecule has 0 aromatic heterocycles. The zero-order valence-corrected chi connectivity index (χ0v) is 17.1. The van der Waals surface area contributed by atoms with Gasteiger partial charge in [-0.2, -0.15) is 0 Å². The maximum absolute atomic E-state index is 13.4. The van der Waals surface area contributed by atoms with E-state index in [9.17, 15) is 14.4 Å². The maximum Gasteiger partial charge on any atom is 0.325 e. The molecule has 3 aliphatic rings. The van der Waals surface area contributed by atoms with E-state index >= 15 is 0 Å². The van der Waals surface area contributed by atoms with E-state index in [2.05, 4.69) is 11.4 Å². The van der Waals surface area contributed by atoms with Gasteiger partial charge in [0.2, 0.25) is 5.91 Å². The second-order valence-corrected chi connectivity index (χ2v) is 8.22. The Balaban J connectivity index is 1.57. The lowest BCUT2D eigenvalue weighted by molar-refractivity contribution is -0.138. The number of hydrogen-bond acceptors (Lipinski definition) is 3. The van der Waals surface area contributed by atoms with Crippen molar-refractivity contribution in [1.29, 1.82) is 0 Å². The van der Waals surface area contributed by atoms with Crippen LogP contribution in [0, 0.1) is 0 Å². The third kappa shape index (κ3) is 3.45. The van der Waals surface area contributed by atoms with Crippen molar-refractivity contribution < 1.29 is 14.4 Å². The van der Waals surface area contributed by atoms with E-state index in [-0.39, 0.29) is 18.4 Å². The van der Waals surface area contributed by atoms with Crippen molar-refractivity contribution in [3.8, 4) is 0 Å². The Morgan fingerprint density at radius 2 is 2.00 bits per heavy atom. The fourth-order valence-electron chi connectivity index (χ4n) is 4.89. The van der Waals surface area contributed by atoms with Crippen LogP contribution in [0.5, 0.6) is 0 Å². The number of allylic oxidation sites excluding steroid dienone is 2. The number of imide groups is 1. The Morgan fingerprint density at radius 1 is 1.17 bits per heavy atom. The number of carbonyl (C=O) groups excluding carboxylic acids is 3. The number of benzene rings is 1. The van der Waals surface area contributed by atoms with Crippen LogP contribution in [0.3, 0.4) is 0 Å². The number of nitrogens with one attached hydrogen (secondary N) is 1. The summed E-state index contributed by atoms with van der Waals surface area (Å²) in [5, 5.41) is 2.93. The van der Waals surface area contributed by atoms with Gasteiger partial charge in [0.1, 0.15) is 12.1 Å². The van der Waals surface area contributed by atoms with E-state index in [1.54, 1.807) is 4.90 Å². The molecule has 6 heteroatoms. The first kappa shape index (κ1) is 19.7. The molecule has 29 heavy (non-hydrogen) atoms. The Morgan fingerprint density at radius 3 is 2.76 bits per heavy atom. The molecule has 1 aromatic carbocycles. The Labute approximate surface area is 171 Å². The second-order valence-electron chi connectivity index (χ2n) is 8.22. The number of nitrogens with zero attached hydrogens (tertiary/aromatic N) is 2. The van der Waals surface area contributed by atoms with Gasteiger partial charge < -0.3 is 10.2 Å². The summed E-state index contributed by atoms with van der Waals surface area (Å²) < 4.78 is 0. The Hall–Kier alpha value is -2.63. The van der Waals surface area contributed by atoms with E-state index in [4.69, 9.17) is 0 Å². The number of amides is 4. The average molecular weight is 396 g/mol. The summed E-state index contributed by atoms with van der Waals surface area (Å²) in [6.07, 6.45) is 9.34. The highest BCUT2D eigenvalue weighted by molar-refractivity contribution is 6.09. The number of aryl methyl sites for hydroxylation is 1. The summed E-state index contributed by atoms with van der Waals surface area (Å²) in [6, 6.07) is 7.34. The van der Waals surface area contributed by atoms with Crippen LogP contribution < -0.4 is 5.32 Å². The first-order valence-electron chi connectivity index (χ1n) is 10.8. The van der Waals surface area contributed by atoms with Crippen molar-refractivity contribution in [3.05, 3.63) is 47.2 Å². The highest BCUT2D eigenvalue weighted by Crippen LogP contribution is 2.39. The van der Waals surface area contributed by atoms with Gasteiger partial charge in [0.05, 0.1) is 0 Å². The molecule has 4 amide bonds. The van der Waals surface area contributed by atoms with Crippen LogP contribution in [0.2, 0.25) is 0 Å². The van der Waals surface area contributed by atoms with E-state index in [0.717, 1.165) is 66.7 Å². The van der Waals surface area contributed by atoms with Crippen LogP contribution in [0.15, 0.2) is 36.0 Å². The zero-order valence-electron chi connectivity index (χ0n) is 17.1. The van der Waals surface area contributed by atoms with Crippen LogP contribution in [-0.2, 0) is 21.5 Å². The summed E-state index contributed by atoms with van der Waals surface area (Å²) in [4.78, 5) is 42.2. The first-order valence-corrected chi connectivity index (χ1v) is 10.8. The molecule has 6 nitrogen and oxygen atoms in total. The van der Waals surface area contributed by atoms with Gasteiger partial charge in [-0.05, 0) is 62.5 Å². The SMILES string of the molecule is CCCN(C(=O)CN1C(=O)NC2(CCCc3ccccc32)C1=O)C1=CCCCC1. The molecule has 1 saturated heterocycles. The minimum Gasteiger partial charge on any atom is -0.319 e. The lowest BCUT2D eigenvalue weighted by Crippen LogP contribution is -2.47. The van der Waals surface area contributed by atoms with E-state index in [0.29, 0.717) is 13.0 Å². The summed E-state index contributed by atoms with van der Waals surface area (Å²) in [6.45, 7) is 2.44. The van der Waals surface area contributed by atoms with Crippen molar-refractivity contribution in [2.45, 2.75) is 63.8 Å². The third-order valence-corrected chi connectivity index (χ3v) is 6.31. The predicted molar refractivity (Wildman–Crippen MR) is 110 cm³/mol. The van der Waals surface area contributed by atoms with Gasteiger partial charge in [-0.3, -0.25) is 14.5 Å². The van der Waals surface area contributed by atoms with Gasteiger partial charge >= 0.3 is 6.03 Å². The standard InChI is InChI=1S/C23H29N3O3/c1-2-15-25(18-11-4-3-5-12-18)20(27)16-26-21(28)23(24-22(26)29)14-8-10-17-9-6-7-13-19(17)23/h6-7,9,11,13H,2-5,8,10,12,14-16H2,1H3,(H,24,29). The fraction of sp³-hybridized carbons (Fsp3) is 0.522. The molecule has 1 fully saturated rings. The molecular formula is C23H29N3O3. The molecule has 1 heterocycles. The molecule has 154 valence electrons. The molecule has 1 unspecified atom stereocenters. The molecule has 1 N–H and O–H groups in total. The fourth-order valence-corrected chi connectivity index (χ4v) is 4.89. The third-order valence-electron chi connectivity index (χ3n) is 6.31. The summed E-state index contributed by atoms with van der Waals surface area (Å²) >= 11 is 0. The quantitative estimate of drug-likeness (QED) is 0.776. The van der Waals surface area contributed by atoms with Gasteiger partial charge in [0, 0.05) is 12.2 Å². The number of fused-ring (bicyclic) bond motifs is 2. The molecule has 2 aliphatic carbocycles. The molecular weight excluding hydrogens is 366 g/mol. The number of hydrogen-bond donors (Lipinski definition) is 1. The van der Waals surface area contributed by atoms with Crippen LogP contribution in [0.1, 0.15) is 63.0 Å².